The minimum atomic E-state index is 0.191. The third-order valence-corrected chi connectivity index (χ3v) is 3.84. The maximum atomic E-state index is 6.20. The molecule has 1 heterocycles. The van der Waals surface area contributed by atoms with Gasteiger partial charge in [0.05, 0.1) is 22.9 Å². The Morgan fingerprint density at radius 1 is 1.37 bits per heavy atom. The third-order valence-electron chi connectivity index (χ3n) is 3.16. The Kier molecular flexibility index (Phi) is 4.66. The van der Waals surface area contributed by atoms with Crippen molar-refractivity contribution in [3.8, 4) is 0 Å². The first-order chi connectivity index (χ1) is 8.97. The molecule has 0 bridgehead atoms. The summed E-state index contributed by atoms with van der Waals surface area (Å²) in [5.74, 6) is 0. The highest BCUT2D eigenvalue weighted by atomic mass is 35.5. The van der Waals surface area contributed by atoms with Crippen LogP contribution in [0.4, 0.5) is 5.69 Å². The number of nitrogens with zero attached hydrogens (tertiary/aromatic N) is 1. The lowest BCUT2D eigenvalue weighted by molar-refractivity contribution is -0.0473. The Balaban J connectivity index is 2.08. The van der Waals surface area contributed by atoms with Gasteiger partial charge in [0.25, 0.3) is 0 Å². The predicted octanol–water partition coefficient (Wildman–Crippen LogP) is 3.45. The van der Waals surface area contributed by atoms with E-state index in [-0.39, 0.29) is 12.2 Å². The van der Waals surface area contributed by atoms with Gasteiger partial charge in [-0.3, -0.25) is 0 Å². The molecule has 0 unspecified atom stereocenters. The molecule has 0 amide bonds. The summed E-state index contributed by atoms with van der Waals surface area (Å²) in [7, 11) is 0. The smallest absolute Gasteiger partial charge is 0.173 e. The van der Waals surface area contributed by atoms with Crippen LogP contribution in [0.2, 0.25) is 5.02 Å². The third kappa shape index (κ3) is 3.59. The lowest BCUT2D eigenvalue weighted by Gasteiger charge is -2.37. The number of halogens is 1. The zero-order chi connectivity index (χ0) is 14.0. The molecular weight excluding hydrogens is 280 g/mol. The van der Waals surface area contributed by atoms with Crippen LogP contribution in [0, 0.1) is 6.92 Å². The molecule has 0 radical (unpaired) electrons. The number of hydrogen-bond donors (Lipinski definition) is 1. The normalized spacial score (nSPS) is 23.3. The van der Waals surface area contributed by atoms with Gasteiger partial charge in [0, 0.05) is 13.1 Å². The Labute approximate surface area is 124 Å². The minimum Gasteiger partial charge on any atom is -0.372 e. The number of benzene rings is 1. The largest absolute Gasteiger partial charge is 0.372 e. The second-order valence-corrected chi connectivity index (χ2v) is 5.82. The summed E-state index contributed by atoms with van der Waals surface area (Å²) < 4.78 is 5.71. The summed E-state index contributed by atoms with van der Waals surface area (Å²) in [6, 6.07) is 5.82. The van der Waals surface area contributed by atoms with Gasteiger partial charge in [0.2, 0.25) is 0 Å². The molecule has 1 aliphatic heterocycles. The molecule has 2 rings (SSSR count). The van der Waals surface area contributed by atoms with Crippen LogP contribution in [-0.2, 0) is 4.74 Å². The van der Waals surface area contributed by atoms with Crippen molar-refractivity contribution in [2.24, 2.45) is 0 Å². The predicted molar refractivity (Wildman–Crippen MR) is 84.0 cm³/mol. The monoisotopic (exact) mass is 298 g/mol. The number of anilines is 1. The Morgan fingerprint density at radius 2 is 2.00 bits per heavy atom. The van der Waals surface area contributed by atoms with Gasteiger partial charge in [-0.25, -0.2) is 0 Å². The summed E-state index contributed by atoms with van der Waals surface area (Å²) >= 11 is 11.7. The first-order valence-electron chi connectivity index (χ1n) is 6.44. The Hall–Kier alpha value is -0.840. The molecule has 1 aromatic rings. The van der Waals surface area contributed by atoms with E-state index in [0.29, 0.717) is 10.1 Å². The van der Waals surface area contributed by atoms with E-state index in [4.69, 9.17) is 28.6 Å². The SMILES string of the molecule is Cc1cccc(Cl)c1NC(=S)N1C[C@@H](C)O[C@@H](C)C1. The van der Waals surface area contributed by atoms with Gasteiger partial charge in [-0.1, -0.05) is 23.7 Å². The fraction of sp³-hybridized carbons (Fsp3) is 0.500. The number of nitrogens with one attached hydrogen (secondary N) is 1. The van der Waals surface area contributed by atoms with Crippen LogP contribution in [0.5, 0.6) is 0 Å². The van der Waals surface area contributed by atoms with Crippen LogP contribution >= 0.6 is 23.8 Å². The van der Waals surface area contributed by atoms with Gasteiger partial charge >= 0.3 is 0 Å². The molecule has 104 valence electrons. The van der Waals surface area contributed by atoms with Crippen LogP contribution in [0.25, 0.3) is 0 Å². The van der Waals surface area contributed by atoms with Crippen molar-refractivity contribution < 1.29 is 4.74 Å². The van der Waals surface area contributed by atoms with Gasteiger partial charge in [-0.05, 0) is 44.6 Å². The number of rotatable bonds is 1. The van der Waals surface area contributed by atoms with E-state index in [2.05, 4.69) is 24.1 Å². The first-order valence-corrected chi connectivity index (χ1v) is 7.22. The highest BCUT2D eigenvalue weighted by molar-refractivity contribution is 7.80. The van der Waals surface area contributed by atoms with E-state index in [9.17, 15) is 0 Å². The average Bonchev–Trinajstić information content (AvgIpc) is 2.32. The van der Waals surface area contributed by atoms with Gasteiger partial charge < -0.3 is 15.0 Å². The molecule has 1 aromatic carbocycles. The average molecular weight is 299 g/mol. The molecule has 0 saturated carbocycles. The van der Waals surface area contributed by atoms with Gasteiger partial charge in [0.1, 0.15) is 0 Å². The zero-order valence-electron chi connectivity index (χ0n) is 11.4. The van der Waals surface area contributed by atoms with Crippen LogP contribution < -0.4 is 5.32 Å². The maximum absolute atomic E-state index is 6.20. The second kappa shape index (κ2) is 6.07. The number of thiocarbonyl (C=S) groups is 1. The van der Waals surface area contributed by atoms with Crippen LogP contribution in [0.1, 0.15) is 19.4 Å². The van der Waals surface area contributed by atoms with E-state index >= 15 is 0 Å². The summed E-state index contributed by atoms with van der Waals surface area (Å²) in [4.78, 5) is 2.14. The topological polar surface area (TPSA) is 24.5 Å². The van der Waals surface area contributed by atoms with Crippen molar-refractivity contribution in [2.45, 2.75) is 33.0 Å². The zero-order valence-corrected chi connectivity index (χ0v) is 13.0. The van der Waals surface area contributed by atoms with Crippen molar-refractivity contribution in [3.63, 3.8) is 0 Å². The van der Waals surface area contributed by atoms with Gasteiger partial charge in [0.15, 0.2) is 5.11 Å². The minimum absolute atomic E-state index is 0.191. The number of para-hydroxylation sites is 1. The van der Waals surface area contributed by atoms with Crippen LogP contribution in [0.15, 0.2) is 18.2 Å². The van der Waals surface area contributed by atoms with Crippen molar-refractivity contribution in [3.05, 3.63) is 28.8 Å². The fourth-order valence-electron chi connectivity index (χ4n) is 2.32. The summed E-state index contributed by atoms with van der Waals surface area (Å²) in [6.07, 6.45) is 0.381. The molecule has 0 spiro atoms. The molecule has 0 aromatic heterocycles. The molecule has 1 saturated heterocycles. The van der Waals surface area contributed by atoms with E-state index in [1.165, 1.54) is 0 Å². The summed E-state index contributed by atoms with van der Waals surface area (Å²) in [6.45, 7) is 7.75. The summed E-state index contributed by atoms with van der Waals surface area (Å²) in [5.41, 5.74) is 1.98. The van der Waals surface area contributed by atoms with Crippen molar-refractivity contribution in [1.29, 1.82) is 0 Å². The van der Waals surface area contributed by atoms with Crippen molar-refractivity contribution in [2.75, 3.05) is 18.4 Å². The molecule has 3 nitrogen and oxygen atoms in total. The van der Waals surface area contributed by atoms with Crippen LogP contribution in [0.3, 0.4) is 0 Å². The lowest BCUT2D eigenvalue weighted by Crippen LogP contribution is -2.49. The summed E-state index contributed by atoms with van der Waals surface area (Å²) in [5, 5.41) is 4.66. The first kappa shape index (κ1) is 14.6. The number of morpholine rings is 1. The van der Waals surface area contributed by atoms with E-state index in [0.717, 1.165) is 24.3 Å². The quantitative estimate of drug-likeness (QED) is 0.803. The van der Waals surface area contributed by atoms with Crippen LogP contribution in [-0.4, -0.2) is 35.3 Å². The number of aryl methyl sites for hydroxylation is 1. The highest BCUT2D eigenvalue weighted by Crippen LogP contribution is 2.26. The molecule has 1 fully saturated rings. The maximum Gasteiger partial charge on any atom is 0.173 e. The van der Waals surface area contributed by atoms with E-state index < -0.39 is 0 Å². The molecule has 5 heteroatoms. The molecule has 19 heavy (non-hydrogen) atoms. The van der Waals surface area contributed by atoms with Gasteiger partial charge in [-0.15, -0.1) is 0 Å². The van der Waals surface area contributed by atoms with Crippen molar-refractivity contribution >= 4 is 34.6 Å². The van der Waals surface area contributed by atoms with E-state index in [1.54, 1.807) is 0 Å². The molecule has 1 aliphatic rings. The molecule has 0 aliphatic carbocycles. The highest BCUT2D eigenvalue weighted by Gasteiger charge is 2.24. The van der Waals surface area contributed by atoms with E-state index in [1.807, 2.05) is 25.1 Å². The fourth-order valence-corrected chi connectivity index (χ4v) is 2.84. The molecular formula is C14H19ClN2OS. The van der Waals surface area contributed by atoms with Gasteiger partial charge in [-0.2, -0.15) is 0 Å². The molecule has 1 N–H and O–H groups in total. The number of hydrogen-bond acceptors (Lipinski definition) is 2. The number of ether oxygens (including phenoxy) is 1. The second-order valence-electron chi connectivity index (χ2n) is 5.02. The Morgan fingerprint density at radius 3 is 2.58 bits per heavy atom. The molecule has 2 atom stereocenters. The standard InChI is InChI=1S/C14H19ClN2OS/c1-9-5-4-6-12(15)13(9)16-14(19)17-7-10(2)18-11(3)8-17/h4-6,10-11H,7-8H2,1-3H3,(H,16,19)/t10-,11+. The Bertz CT molecular complexity index is 450. The van der Waals surface area contributed by atoms with Crippen molar-refractivity contribution in [1.82, 2.24) is 4.90 Å². The lowest BCUT2D eigenvalue weighted by atomic mass is 10.2.